The van der Waals surface area contributed by atoms with Crippen LogP contribution in [0, 0.1) is 0 Å². The molecule has 0 fully saturated rings. The van der Waals surface area contributed by atoms with E-state index in [1.54, 1.807) is 7.05 Å². The lowest BCUT2D eigenvalue weighted by molar-refractivity contribution is -0.137. The minimum absolute atomic E-state index is 0.0126. The Morgan fingerprint density at radius 3 is 2.38 bits per heavy atom. The number of carboxylic acid groups (broad SMARTS) is 1. The van der Waals surface area contributed by atoms with E-state index in [-0.39, 0.29) is 25.4 Å². The molecule has 0 aliphatic rings. The zero-order valence-corrected chi connectivity index (χ0v) is 7.69. The Morgan fingerprint density at radius 2 is 1.92 bits per heavy atom. The minimum Gasteiger partial charge on any atom is -0.481 e. The van der Waals surface area contributed by atoms with Crippen LogP contribution >= 0.6 is 0 Å². The summed E-state index contributed by atoms with van der Waals surface area (Å²) in [6.07, 6.45) is 0.589. The third-order valence-corrected chi connectivity index (χ3v) is 1.64. The molecule has 0 rings (SSSR count). The summed E-state index contributed by atoms with van der Waals surface area (Å²) in [5.74, 6) is -1.02. The van der Waals surface area contributed by atoms with Crippen LogP contribution in [0.15, 0.2) is 0 Å². The summed E-state index contributed by atoms with van der Waals surface area (Å²) in [6.45, 7) is 0.229. The lowest BCUT2D eigenvalue weighted by atomic mass is 10.2. The molecule has 76 valence electrons. The number of nitrogens with zero attached hydrogens (tertiary/aromatic N) is 1. The molecule has 0 atom stereocenters. The van der Waals surface area contributed by atoms with E-state index < -0.39 is 5.97 Å². The molecule has 2 N–H and O–H groups in total. The number of aliphatic hydroxyl groups excluding tert-OH is 1. The number of carbonyl (C=O) groups is 2. The Hall–Kier alpha value is -1.10. The quantitative estimate of drug-likeness (QED) is 0.601. The van der Waals surface area contributed by atoms with Crippen LogP contribution in [0.25, 0.3) is 0 Å². The van der Waals surface area contributed by atoms with Gasteiger partial charge in [0.15, 0.2) is 0 Å². The second-order valence-corrected chi connectivity index (χ2v) is 2.79. The molecule has 0 saturated carbocycles. The van der Waals surface area contributed by atoms with Gasteiger partial charge in [0.2, 0.25) is 5.91 Å². The molecule has 0 aliphatic heterocycles. The number of carboxylic acids is 1. The van der Waals surface area contributed by atoms with Gasteiger partial charge in [-0.25, -0.2) is 0 Å². The number of likely N-dealkylation sites (N-methyl/N-ethyl adjacent to an activating group) is 1. The van der Waals surface area contributed by atoms with E-state index in [4.69, 9.17) is 10.2 Å². The Morgan fingerprint density at radius 1 is 1.31 bits per heavy atom. The summed E-state index contributed by atoms with van der Waals surface area (Å²) in [4.78, 5) is 22.6. The van der Waals surface area contributed by atoms with Crippen LogP contribution in [0.4, 0.5) is 0 Å². The maximum absolute atomic E-state index is 11.1. The summed E-state index contributed by atoms with van der Waals surface area (Å²) in [5.41, 5.74) is 0. The molecule has 0 bridgehead atoms. The van der Waals surface area contributed by atoms with E-state index in [2.05, 4.69) is 0 Å². The van der Waals surface area contributed by atoms with Gasteiger partial charge in [-0.2, -0.15) is 0 Å². The van der Waals surface area contributed by atoms with Crippen molar-refractivity contribution in [2.75, 3.05) is 20.2 Å². The van der Waals surface area contributed by atoms with E-state index >= 15 is 0 Å². The smallest absolute Gasteiger partial charge is 0.303 e. The zero-order valence-electron chi connectivity index (χ0n) is 7.69. The number of carbonyl (C=O) groups excluding carboxylic acids is 1. The van der Waals surface area contributed by atoms with Crippen LogP contribution in [0.5, 0.6) is 0 Å². The van der Waals surface area contributed by atoms with Crippen molar-refractivity contribution in [3.05, 3.63) is 0 Å². The highest BCUT2D eigenvalue weighted by atomic mass is 16.4. The fourth-order valence-electron chi connectivity index (χ4n) is 0.856. The first-order valence-corrected chi connectivity index (χ1v) is 4.14. The SMILES string of the molecule is CN(CCO)C(=O)CCCC(=O)O. The van der Waals surface area contributed by atoms with Gasteiger partial charge in [-0.1, -0.05) is 0 Å². The van der Waals surface area contributed by atoms with Crippen LogP contribution in [0.2, 0.25) is 0 Å². The Kier molecular flexibility index (Phi) is 5.88. The minimum atomic E-state index is -0.891. The largest absolute Gasteiger partial charge is 0.481 e. The summed E-state index contributed by atoms with van der Waals surface area (Å²) >= 11 is 0. The first-order valence-electron chi connectivity index (χ1n) is 4.14. The first kappa shape index (κ1) is 11.9. The highest BCUT2D eigenvalue weighted by Gasteiger charge is 2.08. The van der Waals surface area contributed by atoms with Gasteiger partial charge in [-0.15, -0.1) is 0 Å². The Bertz CT molecular complexity index is 181. The monoisotopic (exact) mass is 189 g/mol. The molecule has 0 aromatic heterocycles. The Balaban J connectivity index is 3.55. The lowest BCUT2D eigenvalue weighted by Crippen LogP contribution is -2.29. The molecule has 0 heterocycles. The van der Waals surface area contributed by atoms with Gasteiger partial charge in [0, 0.05) is 26.4 Å². The van der Waals surface area contributed by atoms with Crippen LogP contribution in [0.3, 0.4) is 0 Å². The van der Waals surface area contributed by atoms with Crippen molar-refractivity contribution in [3.8, 4) is 0 Å². The van der Waals surface area contributed by atoms with Crippen molar-refractivity contribution in [3.63, 3.8) is 0 Å². The number of rotatable bonds is 6. The molecule has 0 spiro atoms. The van der Waals surface area contributed by atoms with Gasteiger partial charge >= 0.3 is 5.97 Å². The van der Waals surface area contributed by atoms with Gasteiger partial charge in [-0.3, -0.25) is 9.59 Å². The molecule has 0 saturated heterocycles. The topological polar surface area (TPSA) is 77.8 Å². The predicted octanol–water partition coefficient (Wildman–Crippen LogP) is -0.308. The normalized spacial score (nSPS) is 9.69. The molecule has 5 nitrogen and oxygen atoms in total. The predicted molar refractivity (Wildman–Crippen MR) is 46.2 cm³/mol. The molecule has 0 aliphatic carbocycles. The van der Waals surface area contributed by atoms with Crippen molar-refractivity contribution >= 4 is 11.9 Å². The molecular formula is C8H15NO4. The lowest BCUT2D eigenvalue weighted by Gasteiger charge is -2.14. The summed E-state index contributed by atoms with van der Waals surface area (Å²) < 4.78 is 0. The summed E-state index contributed by atoms with van der Waals surface area (Å²) in [5, 5.41) is 16.8. The highest BCUT2D eigenvalue weighted by molar-refractivity contribution is 5.76. The van der Waals surface area contributed by atoms with Crippen LogP contribution in [0.1, 0.15) is 19.3 Å². The number of aliphatic carboxylic acids is 1. The van der Waals surface area contributed by atoms with E-state index in [1.807, 2.05) is 0 Å². The second kappa shape index (κ2) is 6.42. The van der Waals surface area contributed by atoms with Crippen molar-refractivity contribution in [2.24, 2.45) is 0 Å². The first-order chi connectivity index (χ1) is 6.07. The van der Waals surface area contributed by atoms with Crippen LogP contribution in [-0.4, -0.2) is 47.2 Å². The van der Waals surface area contributed by atoms with Gasteiger partial charge in [0.1, 0.15) is 0 Å². The average Bonchev–Trinajstić information content (AvgIpc) is 2.04. The van der Waals surface area contributed by atoms with Gasteiger partial charge in [0.25, 0.3) is 0 Å². The highest BCUT2D eigenvalue weighted by Crippen LogP contribution is 1.98. The van der Waals surface area contributed by atoms with E-state index in [0.717, 1.165) is 0 Å². The molecule has 0 unspecified atom stereocenters. The second-order valence-electron chi connectivity index (χ2n) is 2.79. The molecule has 13 heavy (non-hydrogen) atoms. The molecular weight excluding hydrogens is 174 g/mol. The number of hydrogen-bond donors (Lipinski definition) is 2. The van der Waals surface area contributed by atoms with Crippen molar-refractivity contribution in [2.45, 2.75) is 19.3 Å². The van der Waals surface area contributed by atoms with Crippen LogP contribution in [-0.2, 0) is 9.59 Å². The van der Waals surface area contributed by atoms with Crippen molar-refractivity contribution in [1.29, 1.82) is 0 Å². The molecule has 0 aromatic rings. The zero-order chi connectivity index (χ0) is 10.3. The summed E-state index contributed by atoms with van der Waals surface area (Å²) in [7, 11) is 1.58. The van der Waals surface area contributed by atoms with Gasteiger partial charge < -0.3 is 15.1 Å². The van der Waals surface area contributed by atoms with Crippen molar-refractivity contribution in [1.82, 2.24) is 4.90 Å². The summed E-state index contributed by atoms with van der Waals surface area (Å²) in [6, 6.07) is 0. The Labute approximate surface area is 77.0 Å². The fourth-order valence-corrected chi connectivity index (χ4v) is 0.856. The maximum Gasteiger partial charge on any atom is 0.303 e. The van der Waals surface area contributed by atoms with Gasteiger partial charge in [-0.05, 0) is 6.42 Å². The van der Waals surface area contributed by atoms with E-state index in [1.165, 1.54) is 4.90 Å². The van der Waals surface area contributed by atoms with E-state index in [9.17, 15) is 9.59 Å². The van der Waals surface area contributed by atoms with E-state index in [0.29, 0.717) is 13.0 Å². The van der Waals surface area contributed by atoms with Gasteiger partial charge in [0.05, 0.1) is 6.61 Å². The number of hydrogen-bond acceptors (Lipinski definition) is 3. The molecule has 5 heteroatoms. The third kappa shape index (κ3) is 6.10. The average molecular weight is 189 g/mol. The molecule has 0 aromatic carbocycles. The number of aliphatic hydroxyl groups is 1. The fraction of sp³-hybridized carbons (Fsp3) is 0.750. The number of amides is 1. The standard InChI is InChI=1S/C8H15NO4/c1-9(5-6-10)7(11)3-2-4-8(12)13/h10H,2-6H2,1H3,(H,12,13). The maximum atomic E-state index is 11.1. The molecule has 0 radical (unpaired) electrons. The van der Waals surface area contributed by atoms with Crippen LogP contribution < -0.4 is 0 Å². The third-order valence-electron chi connectivity index (χ3n) is 1.64. The van der Waals surface area contributed by atoms with Crippen molar-refractivity contribution < 1.29 is 19.8 Å². The molecule has 1 amide bonds.